The summed E-state index contributed by atoms with van der Waals surface area (Å²) >= 11 is 6.14. The average molecular weight is 225 g/mol. The average Bonchev–Trinajstić information content (AvgIpc) is 2.21. The largest absolute Gasteiger partial charge is 0.357 e. The Labute approximate surface area is 94.0 Å². The van der Waals surface area contributed by atoms with Crippen molar-refractivity contribution >= 4 is 28.9 Å². The van der Waals surface area contributed by atoms with Crippen LogP contribution in [0.4, 0.5) is 11.4 Å². The maximum atomic E-state index is 11.6. The maximum absolute atomic E-state index is 11.6. The van der Waals surface area contributed by atoms with Crippen LogP contribution in [0.1, 0.15) is 13.8 Å². The van der Waals surface area contributed by atoms with E-state index in [1.807, 2.05) is 36.9 Å². The second-order valence-corrected chi connectivity index (χ2v) is 3.99. The van der Waals surface area contributed by atoms with Gasteiger partial charge in [0.2, 0.25) is 5.91 Å². The van der Waals surface area contributed by atoms with Gasteiger partial charge in [0, 0.05) is 6.54 Å². The van der Waals surface area contributed by atoms with Crippen LogP contribution in [0.15, 0.2) is 18.2 Å². The molecule has 1 unspecified atom stereocenters. The van der Waals surface area contributed by atoms with Crippen molar-refractivity contribution in [2.45, 2.75) is 19.9 Å². The molecule has 0 spiro atoms. The van der Waals surface area contributed by atoms with E-state index in [2.05, 4.69) is 5.32 Å². The zero-order valence-electron chi connectivity index (χ0n) is 8.75. The lowest BCUT2D eigenvalue weighted by Crippen LogP contribution is -2.46. The third kappa shape index (κ3) is 1.57. The van der Waals surface area contributed by atoms with E-state index in [0.29, 0.717) is 5.02 Å². The Bertz CT molecular complexity index is 406. The van der Waals surface area contributed by atoms with Gasteiger partial charge in [-0.1, -0.05) is 17.7 Å². The Morgan fingerprint density at radius 3 is 2.93 bits per heavy atom. The van der Waals surface area contributed by atoms with E-state index in [1.54, 1.807) is 0 Å². The lowest BCUT2D eigenvalue weighted by molar-refractivity contribution is -0.117. The molecule has 0 aliphatic carbocycles. The number of hydrogen-bond acceptors (Lipinski definition) is 2. The lowest BCUT2D eigenvalue weighted by atomic mass is 10.1. The summed E-state index contributed by atoms with van der Waals surface area (Å²) in [6.45, 7) is 4.67. The van der Waals surface area contributed by atoms with Crippen molar-refractivity contribution < 1.29 is 4.79 Å². The molecule has 0 radical (unpaired) electrons. The van der Waals surface area contributed by atoms with Crippen LogP contribution in [0.5, 0.6) is 0 Å². The lowest BCUT2D eigenvalue weighted by Gasteiger charge is -2.36. The van der Waals surface area contributed by atoms with Crippen LogP contribution < -0.4 is 10.2 Å². The maximum Gasteiger partial charge on any atom is 0.246 e. The third-order valence-electron chi connectivity index (χ3n) is 2.72. The van der Waals surface area contributed by atoms with Crippen LogP contribution >= 0.6 is 11.6 Å². The highest BCUT2D eigenvalue weighted by molar-refractivity contribution is 6.34. The van der Waals surface area contributed by atoms with Gasteiger partial charge in [0.05, 0.1) is 16.4 Å². The summed E-state index contributed by atoms with van der Waals surface area (Å²) in [5.41, 5.74) is 1.72. The first-order valence-corrected chi connectivity index (χ1v) is 5.39. The summed E-state index contributed by atoms with van der Waals surface area (Å²) in [6, 6.07) is 5.38. The summed E-state index contributed by atoms with van der Waals surface area (Å²) in [7, 11) is 0. The fraction of sp³-hybridized carbons (Fsp3) is 0.364. The van der Waals surface area contributed by atoms with Gasteiger partial charge in [-0.05, 0) is 26.0 Å². The zero-order valence-corrected chi connectivity index (χ0v) is 9.51. The minimum atomic E-state index is -0.164. The van der Waals surface area contributed by atoms with E-state index < -0.39 is 0 Å². The van der Waals surface area contributed by atoms with E-state index >= 15 is 0 Å². The van der Waals surface area contributed by atoms with E-state index in [9.17, 15) is 4.79 Å². The van der Waals surface area contributed by atoms with Crippen LogP contribution in [0.2, 0.25) is 5.02 Å². The number of carbonyl (C=O) groups excluding carboxylic acids is 1. The van der Waals surface area contributed by atoms with Crippen LogP contribution in [0, 0.1) is 0 Å². The Kier molecular flexibility index (Phi) is 2.57. The molecule has 0 saturated heterocycles. The first-order valence-electron chi connectivity index (χ1n) is 5.01. The Balaban J connectivity index is 2.56. The minimum absolute atomic E-state index is 0.0200. The number of nitrogens with one attached hydrogen (secondary N) is 1. The van der Waals surface area contributed by atoms with Crippen molar-refractivity contribution in [1.82, 2.24) is 0 Å². The van der Waals surface area contributed by atoms with Crippen molar-refractivity contribution in [3.63, 3.8) is 0 Å². The number of amides is 1. The number of benzene rings is 1. The molecule has 4 heteroatoms. The standard InChI is InChI=1S/C11H13ClN2O/c1-3-14-7(2)11(15)13-9-6-4-5-8(12)10(9)14/h4-7H,3H2,1-2H3,(H,13,15). The van der Waals surface area contributed by atoms with Gasteiger partial charge in [-0.25, -0.2) is 0 Å². The molecule has 0 fully saturated rings. The molecule has 0 aromatic heterocycles. The fourth-order valence-corrected chi connectivity index (χ4v) is 2.20. The van der Waals surface area contributed by atoms with Crippen LogP contribution in [0.3, 0.4) is 0 Å². The fourth-order valence-electron chi connectivity index (χ4n) is 1.91. The molecule has 1 atom stereocenters. The van der Waals surface area contributed by atoms with Gasteiger partial charge in [-0.3, -0.25) is 4.79 Å². The van der Waals surface area contributed by atoms with Crippen LogP contribution in [-0.2, 0) is 4.79 Å². The highest BCUT2D eigenvalue weighted by atomic mass is 35.5. The molecule has 2 rings (SSSR count). The van der Waals surface area contributed by atoms with Gasteiger partial charge in [0.25, 0.3) is 0 Å². The molecular weight excluding hydrogens is 212 g/mol. The first kappa shape index (κ1) is 10.3. The molecule has 15 heavy (non-hydrogen) atoms. The Hall–Kier alpha value is -1.22. The monoisotopic (exact) mass is 224 g/mol. The van der Waals surface area contributed by atoms with E-state index in [0.717, 1.165) is 17.9 Å². The smallest absolute Gasteiger partial charge is 0.246 e. The number of para-hydroxylation sites is 1. The third-order valence-corrected chi connectivity index (χ3v) is 3.02. The topological polar surface area (TPSA) is 32.3 Å². The number of halogens is 1. The van der Waals surface area contributed by atoms with E-state index in [-0.39, 0.29) is 11.9 Å². The molecule has 1 aliphatic heterocycles. The number of nitrogens with zero attached hydrogens (tertiary/aromatic N) is 1. The predicted octanol–water partition coefficient (Wildman–Crippen LogP) is 2.51. The Morgan fingerprint density at radius 1 is 1.53 bits per heavy atom. The summed E-state index contributed by atoms with van der Waals surface area (Å²) in [5.74, 6) is 0.0200. The van der Waals surface area contributed by atoms with Gasteiger partial charge in [0.1, 0.15) is 6.04 Å². The minimum Gasteiger partial charge on any atom is -0.357 e. The molecule has 80 valence electrons. The van der Waals surface area contributed by atoms with Crippen molar-refractivity contribution in [3.05, 3.63) is 23.2 Å². The van der Waals surface area contributed by atoms with Gasteiger partial charge in [0.15, 0.2) is 0 Å². The summed E-state index contributed by atoms with van der Waals surface area (Å²) in [6.07, 6.45) is 0. The number of anilines is 2. The normalized spacial score (nSPS) is 19.8. The molecule has 0 bridgehead atoms. The second kappa shape index (κ2) is 3.74. The van der Waals surface area contributed by atoms with Crippen molar-refractivity contribution in [1.29, 1.82) is 0 Å². The van der Waals surface area contributed by atoms with Crippen LogP contribution in [0.25, 0.3) is 0 Å². The zero-order chi connectivity index (χ0) is 11.0. The summed E-state index contributed by atoms with van der Waals surface area (Å²) in [4.78, 5) is 13.7. The highest BCUT2D eigenvalue weighted by Crippen LogP contribution is 2.37. The molecule has 1 aromatic carbocycles. The van der Waals surface area contributed by atoms with Gasteiger partial charge in [-0.15, -0.1) is 0 Å². The molecule has 1 N–H and O–H groups in total. The van der Waals surface area contributed by atoms with Crippen molar-refractivity contribution in [2.75, 3.05) is 16.8 Å². The van der Waals surface area contributed by atoms with Gasteiger partial charge in [-0.2, -0.15) is 0 Å². The number of fused-ring (bicyclic) bond motifs is 1. The predicted molar refractivity (Wildman–Crippen MR) is 62.6 cm³/mol. The number of rotatable bonds is 1. The first-order chi connectivity index (χ1) is 7.15. The van der Waals surface area contributed by atoms with E-state index in [4.69, 9.17) is 11.6 Å². The Morgan fingerprint density at radius 2 is 2.27 bits per heavy atom. The van der Waals surface area contributed by atoms with Crippen molar-refractivity contribution in [3.8, 4) is 0 Å². The SMILES string of the molecule is CCN1c2c(Cl)cccc2NC(=O)C1C. The molecular formula is C11H13ClN2O. The van der Waals surface area contributed by atoms with E-state index in [1.165, 1.54) is 0 Å². The molecule has 3 nitrogen and oxygen atoms in total. The number of carbonyl (C=O) groups is 1. The van der Waals surface area contributed by atoms with Gasteiger partial charge >= 0.3 is 0 Å². The summed E-state index contributed by atoms with van der Waals surface area (Å²) in [5, 5.41) is 3.53. The quantitative estimate of drug-likeness (QED) is 0.795. The summed E-state index contributed by atoms with van der Waals surface area (Å²) < 4.78 is 0. The molecule has 1 heterocycles. The molecule has 0 saturated carbocycles. The highest BCUT2D eigenvalue weighted by Gasteiger charge is 2.29. The van der Waals surface area contributed by atoms with Crippen molar-refractivity contribution in [2.24, 2.45) is 0 Å². The number of likely N-dealkylation sites (N-methyl/N-ethyl adjacent to an activating group) is 1. The molecule has 1 aromatic rings. The molecule has 1 aliphatic rings. The second-order valence-electron chi connectivity index (χ2n) is 3.59. The van der Waals surface area contributed by atoms with Gasteiger partial charge < -0.3 is 10.2 Å². The molecule has 1 amide bonds. The number of hydrogen-bond donors (Lipinski definition) is 1. The van der Waals surface area contributed by atoms with Crippen LogP contribution in [-0.4, -0.2) is 18.5 Å².